The van der Waals surface area contributed by atoms with Crippen LogP contribution in [0.1, 0.15) is 42.3 Å². The highest BCUT2D eigenvalue weighted by molar-refractivity contribution is 6.32. The lowest BCUT2D eigenvalue weighted by atomic mass is 9.98. The number of benzene rings is 1. The summed E-state index contributed by atoms with van der Waals surface area (Å²) < 4.78 is 1.83. The summed E-state index contributed by atoms with van der Waals surface area (Å²) in [5, 5.41) is 19.1. The third kappa shape index (κ3) is 5.78. The van der Waals surface area contributed by atoms with E-state index in [0.29, 0.717) is 30.5 Å². The van der Waals surface area contributed by atoms with Crippen molar-refractivity contribution in [2.45, 2.75) is 39.8 Å². The van der Waals surface area contributed by atoms with E-state index >= 15 is 0 Å². The molecule has 0 radical (unpaired) electrons. The third-order valence-electron chi connectivity index (χ3n) is 5.82. The van der Waals surface area contributed by atoms with Crippen molar-refractivity contribution in [3.05, 3.63) is 93.2 Å². The molecule has 0 aliphatic carbocycles. The van der Waals surface area contributed by atoms with Crippen LogP contribution in [0.3, 0.4) is 0 Å². The van der Waals surface area contributed by atoms with E-state index in [1.165, 1.54) is 11.6 Å². The molecule has 0 saturated heterocycles. The monoisotopic (exact) mass is 519 g/mol. The summed E-state index contributed by atoms with van der Waals surface area (Å²) in [7, 11) is 1.91. The minimum absolute atomic E-state index is 0.260. The van der Waals surface area contributed by atoms with Gasteiger partial charge < -0.3 is 10.2 Å². The summed E-state index contributed by atoms with van der Waals surface area (Å²) in [6.45, 7) is 7.37. The fourth-order valence-electron chi connectivity index (χ4n) is 4.25. The summed E-state index contributed by atoms with van der Waals surface area (Å²) in [4.78, 5) is 11.0. The molecule has 0 atom stereocenters. The fourth-order valence-corrected chi connectivity index (χ4v) is 4.71. The van der Waals surface area contributed by atoms with Crippen LogP contribution >= 0.6 is 23.2 Å². The Balaban J connectivity index is 1.77. The van der Waals surface area contributed by atoms with Crippen molar-refractivity contribution >= 4 is 39.9 Å². The van der Waals surface area contributed by atoms with Gasteiger partial charge in [0.15, 0.2) is 5.65 Å². The second-order valence-electron chi connectivity index (χ2n) is 8.89. The van der Waals surface area contributed by atoms with Crippen LogP contribution in [0.5, 0.6) is 0 Å². The molecule has 36 heavy (non-hydrogen) atoms. The van der Waals surface area contributed by atoms with Gasteiger partial charge in [0.05, 0.1) is 30.1 Å². The van der Waals surface area contributed by atoms with Gasteiger partial charge in [0.2, 0.25) is 0 Å². The minimum atomic E-state index is 0.260. The van der Waals surface area contributed by atoms with Crippen LogP contribution in [0.2, 0.25) is 10.3 Å². The maximum atomic E-state index is 9.62. The van der Waals surface area contributed by atoms with E-state index in [-0.39, 0.29) is 10.3 Å². The molecule has 9 heteroatoms. The molecule has 0 amide bonds. The van der Waals surface area contributed by atoms with Gasteiger partial charge in [-0.25, -0.2) is 9.97 Å². The van der Waals surface area contributed by atoms with Crippen LogP contribution in [0.25, 0.3) is 11.0 Å². The second kappa shape index (κ2) is 11.0. The molecule has 0 aliphatic rings. The quantitative estimate of drug-likeness (QED) is 0.209. The van der Waals surface area contributed by atoms with Gasteiger partial charge in [-0.05, 0) is 42.2 Å². The first-order valence-corrected chi connectivity index (χ1v) is 12.3. The summed E-state index contributed by atoms with van der Waals surface area (Å²) >= 11 is 12.2. The van der Waals surface area contributed by atoms with Gasteiger partial charge in [-0.3, -0.25) is 4.68 Å². The van der Waals surface area contributed by atoms with E-state index in [9.17, 15) is 5.26 Å². The summed E-state index contributed by atoms with van der Waals surface area (Å²) in [6.07, 6.45) is 1.47. The van der Waals surface area contributed by atoms with Crippen molar-refractivity contribution in [1.29, 1.82) is 5.26 Å². The Labute approximate surface area is 221 Å². The van der Waals surface area contributed by atoms with Crippen molar-refractivity contribution in [2.75, 3.05) is 5.32 Å². The zero-order valence-corrected chi connectivity index (χ0v) is 22.1. The number of fused-ring (bicyclic) bond motifs is 1. The molecular formula is C27H27Cl2N7. The molecule has 1 N–H and O–H groups in total. The number of aromatic nitrogens is 4. The van der Waals surface area contributed by atoms with Crippen molar-refractivity contribution in [1.82, 2.24) is 24.6 Å². The standard InChI is InChI=1S/C27H27Cl2N7/c1-17(2)22-12-21(32-27-26(22)18(3)34-35(27)4)16-36(15-19-8-6-5-7-9-19)25(10-11-30)31-20-13-23(28)33-24(29)14-20/h5-10,12-14,17H,15-16H2,1-4H3,(H,31,33)/b25-10+. The first kappa shape index (κ1) is 25.5. The third-order valence-corrected chi connectivity index (χ3v) is 6.21. The Morgan fingerprint density at radius 2 is 1.81 bits per heavy atom. The topological polar surface area (TPSA) is 82.7 Å². The number of pyridine rings is 2. The number of allylic oxidation sites excluding steroid dienone is 1. The highest BCUT2D eigenvalue weighted by Gasteiger charge is 2.19. The van der Waals surface area contributed by atoms with E-state index in [1.807, 2.05) is 36.9 Å². The van der Waals surface area contributed by atoms with Gasteiger partial charge >= 0.3 is 0 Å². The van der Waals surface area contributed by atoms with Crippen LogP contribution in [-0.2, 0) is 20.1 Å². The van der Waals surface area contributed by atoms with Crippen molar-refractivity contribution in [3.63, 3.8) is 0 Å². The highest BCUT2D eigenvalue weighted by Crippen LogP contribution is 2.29. The molecule has 0 bridgehead atoms. The van der Waals surface area contributed by atoms with Gasteiger partial charge in [-0.15, -0.1) is 0 Å². The zero-order chi connectivity index (χ0) is 25.8. The molecule has 184 valence electrons. The molecule has 0 saturated carbocycles. The van der Waals surface area contributed by atoms with Crippen LogP contribution in [-0.4, -0.2) is 24.6 Å². The summed E-state index contributed by atoms with van der Waals surface area (Å²) in [5.74, 6) is 0.891. The van der Waals surface area contributed by atoms with E-state index in [2.05, 4.69) is 58.4 Å². The average Bonchev–Trinajstić information content (AvgIpc) is 3.11. The zero-order valence-electron chi connectivity index (χ0n) is 20.6. The Morgan fingerprint density at radius 3 is 2.44 bits per heavy atom. The normalized spacial score (nSPS) is 11.7. The molecular weight excluding hydrogens is 493 g/mol. The number of hydrogen-bond donors (Lipinski definition) is 1. The molecule has 3 aromatic heterocycles. The Bertz CT molecular complexity index is 1430. The molecule has 0 aliphatic heterocycles. The lowest BCUT2D eigenvalue weighted by Gasteiger charge is -2.28. The van der Waals surface area contributed by atoms with Crippen LogP contribution < -0.4 is 5.32 Å². The van der Waals surface area contributed by atoms with Gasteiger partial charge in [0, 0.05) is 24.7 Å². The van der Waals surface area contributed by atoms with E-state index < -0.39 is 0 Å². The predicted molar refractivity (Wildman–Crippen MR) is 145 cm³/mol. The second-order valence-corrected chi connectivity index (χ2v) is 9.67. The number of nitrogens with one attached hydrogen (secondary N) is 1. The molecule has 4 rings (SSSR count). The van der Waals surface area contributed by atoms with E-state index in [1.54, 1.807) is 12.1 Å². The molecule has 7 nitrogen and oxygen atoms in total. The van der Waals surface area contributed by atoms with E-state index in [0.717, 1.165) is 28.0 Å². The van der Waals surface area contributed by atoms with E-state index in [4.69, 9.17) is 28.2 Å². The first-order valence-electron chi connectivity index (χ1n) is 11.6. The Hall–Kier alpha value is -3.60. The maximum absolute atomic E-state index is 9.62. The number of nitrogens with zero attached hydrogens (tertiary/aromatic N) is 6. The molecule has 4 aromatic rings. The lowest BCUT2D eigenvalue weighted by Crippen LogP contribution is -2.27. The lowest BCUT2D eigenvalue weighted by molar-refractivity contribution is 0.329. The number of rotatable bonds is 8. The number of aryl methyl sites for hydroxylation is 2. The summed E-state index contributed by atoms with van der Waals surface area (Å²) in [6, 6.07) is 17.7. The first-order chi connectivity index (χ1) is 17.2. The SMILES string of the molecule is Cc1nn(C)c2nc(CN(Cc3ccccc3)/C(=C/C#N)Nc3cc(Cl)nc(Cl)c3)cc(C(C)C)c12. The molecule has 0 unspecified atom stereocenters. The van der Waals surface area contributed by atoms with Crippen molar-refractivity contribution < 1.29 is 0 Å². The van der Waals surface area contributed by atoms with Crippen LogP contribution in [0, 0.1) is 18.3 Å². The fraction of sp³-hybridized carbons (Fsp3) is 0.259. The minimum Gasteiger partial charge on any atom is -0.347 e. The smallest absolute Gasteiger partial charge is 0.158 e. The molecule has 3 heterocycles. The Kier molecular flexibility index (Phi) is 7.78. The number of nitriles is 1. The average molecular weight is 520 g/mol. The maximum Gasteiger partial charge on any atom is 0.158 e. The molecule has 0 spiro atoms. The molecule has 0 fully saturated rings. The number of hydrogen-bond acceptors (Lipinski definition) is 6. The highest BCUT2D eigenvalue weighted by atomic mass is 35.5. The summed E-state index contributed by atoms with van der Waals surface area (Å²) in [5.41, 5.74) is 5.62. The molecule has 1 aromatic carbocycles. The number of halogens is 2. The Morgan fingerprint density at radius 1 is 1.11 bits per heavy atom. The van der Waals surface area contributed by atoms with Gasteiger partial charge in [0.1, 0.15) is 16.1 Å². The predicted octanol–water partition coefficient (Wildman–Crippen LogP) is 6.58. The van der Waals surface area contributed by atoms with Crippen LogP contribution in [0.4, 0.5) is 5.69 Å². The van der Waals surface area contributed by atoms with Crippen molar-refractivity contribution in [2.24, 2.45) is 7.05 Å². The van der Waals surface area contributed by atoms with Gasteiger partial charge in [0.25, 0.3) is 0 Å². The van der Waals surface area contributed by atoms with Crippen LogP contribution in [0.15, 0.2) is 60.4 Å². The van der Waals surface area contributed by atoms with Crippen molar-refractivity contribution in [3.8, 4) is 6.07 Å². The largest absolute Gasteiger partial charge is 0.347 e. The van der Waals surface area contributed by atoms with Gasteiger partial charge in [-0.2, -0.15) is 10.4 Å². The number of anilines is 1. The van der Waals surface area contributed by atoms with Gasteiger partial charge in [-0.1, -0.05) is 67.4 Å².